The molecule has 4 rings (SSSR count). The van der Waals surface area contributed by atoms with Crippen LogP contribution < -0.4 is 10.1 Å². The third kappa shape index (κ3) is 3.63. The molecule has 1 saturated heterocycles. The number of amides is 3. The zero-order chi connectivity index (χ0) is 20.5. The standard InChI is InChI=1S/C22H20N2O5/c1-13(25)29-15-7-8-16-17(12-15)19(11-14-5-3-2-4-6-14)24(22(16)28)18-9-10-20(26)23-21(18)27/h2-8,12,18-19H,9-11H2,1H3,(H,23,26,27). The molecule has 0 aromatic heterocycles. The van der Waals surface area contributed by atoms with E-state index in [1.807, 2.05) is 30.3 Å². The summed E-state index contributed by atoms with van der Waals surface area (Å²) in [4.78, 5) is 50.2. The summed E-state index contributed by atoms with van der Waals surface area (Å²) in [7, 11) is 0. The van der Waals surface area contributed by atoms with Crippen LogP contribution in [0.1, 0.15) is 47.3 Å². The van der Waals surface area contributed by atoms with Crippen LogP contribution in [-0.4, -0.2) is 34.6 Å². The van der Waals surface area contributed by atoms with E-state index < -0.39 is 24.0 Å². The number of fused-ring (bicyclic) bond motifs is 1. The Labute approximate surface area is 167 Å². The lowest BCUT2D eigenvalue weighted by atomic mass is 9.96. The average molecular weight is 392 g/mol. The fraction of sp³-hybridized carbons (Fsp3) is 0.273. The highest BCUT2D eigenvalue weighted by atomic mass is 16.5. The lowest BCUT2D eigenvalue weighted by Gasteiger charge is -2.34. The first-order valence-corrected chi connectivity index (χ1v) is 9.46. The highest BCUT2D eigenvalue weighted by Crippen LogP contribution is 2.40. The maximum Gasteiger partial charge on any atom is 0.308 e. The van der Waals surface area contributed by atoms with Gasteiger partial charge in [0.05, 0.1) is 6.04 Å². The summed E-state index contributed by atoms with van der Waals surface area (Å²) in [6.07, 6.45) is 0.973. The summed E-state index contributed by atoms with van der Waals surface area (Å²) >= 11 is 0. The number of hydrogen-bond acceptors (Lipinski definition) is 5. The monoisotopic (exact) mass is 392 g/mol. The predicted octanol–water partition coefficient (Wildman–Crippen LogP) is 2.16. The molecule has 148 valence electrons. The fourth-order valence-corrected chi connectivity index (χ4v) is 4.02. The maximum absolute atomic E-state index is 13.2. The fourth-order valence-electron chi connectivity index (χ4n) is 4.02. The zero-order valence-electron chi connectivity index (χ0n) is 15.9. The summed E-state index contributed by atoms with van der Waals surface area (Å²) in [5, 5.41) is 2.33. The van der Waals surface area contributed by atoms with Crippen molar-refractivity contribution in [1.29, 1.82) is 0 Å². The molecule has 0 spiro atoms. The van der Waals surface area contributed by atoms with E-state index in [1.165, 1.54) is 6.92 Å². The molecule has 3 amide bonds. The van der Waals surface area contributed by atoms with Crippen LogP contribution in [-0.2, 0) is 20.8 Å². The van der Waals surface area contributed by atoms with Crippen molar-refractivity contribution in [2.45, 2.75) is 38.3 Å². The Morgan fingerprint density at radius 1 is 1.14 bits per heavy atom. The summed E-state index contributed by atoms with van der Waals surface area (Å²) in [6.45, 7) is 1.31. The molecule has 1 N–H and O–H groups in total. The Bertz CT molecular complexity index is 1000. The number of nitrogens with zero attached hydrogens (tertiary/aromatic N) is 1. The Morgan fingerprint density at radius 3 is 2.59 bits per heavy atom. The number of esters is 1. The van der Waals surface area contributed by atoms with E-state index in [4.69, 9.17) is 4.74 Å². The largest absolute Gasteiger partial charge is 0.427 e. The van der Waals surface area contributed by atoms with Gasteiger partial charge in [-0.25, -0.2) is 0 Å². The van der Waals surface area contributed by atoms with E-state index in [0.717, 1.165) is 5.56 Å². The van der Waals surface area contributed by atoms with Crippen molar-refractivity contribution < 1.29 is 23.9 Å². The van der Waals surface area contributed by atoms with Gasteiger partial charge in [-0.05, 0) is 42.2 Å². The van der Waals surface area contributed by atoms with Gasteiger partial charge in [-0.1, -0.05) is 30.3 Å². The van der Waals surface area contributed by atoms with E-state index in [1.54, 1.807) is 23.1 Å². The Hall–Kier alpha value is -3.48. The molecule has 2 aromatic carbocycles. The van der Waals surface area contributed by atoms with Crippen molar-refractivity contribution in [1.82, 2.24) is 10.2 Å². The highest BCUT2D eigenvalue weighted by Gasteiger charge is 2.45. The van der Waals surface area contributed by atoms with Gasteiger partial charge in [-0.15, -0.1) is 0 Å². The molecular weight excluding hydrogens is 372 g/mol. The summed E-state index contributed by atoms with van der Waals surface area (Å²) in [6, 6.07) is 13.4. The number of imide groups is 1. The number of rotatable bonds is 4. The number of carbonyl (C=O) groups excluding carboxylic acids is 4. The van der Waals surface area contributed by atoms with Crippen molar-refractivity contribution in [3.8, 4) is 5.75 Å². The van der Waals surface area contributed by atoms with Crippen LogP contribution >= 0.6 is 0 Å². The minimum absolute atomic E-state index is 0.188. The molecule has 2 aliphatic heterocycles. The molecule has 2 heterocycles. The number of piperidine rings is 1. The van der Waals surface area contributed by atoms with E-state index in [-0.39, 0.29) is 24.7 Å². The van der Waals surface area contributed by atoms with E-state index in [2.05, 4.69) is 5.32 Å². The molecule has 2 aliphatic rings. The second-order valence-corrected chi connectivity index (χ2v) is 7.23. The number of hydrogen-bond donors (Lipinski definition) is 1. The highest BCUT2D eigenvalue weighted by molar-refractivity contribution is 6.06. The lowest BCUT2D eigenvalue weighted by Crippen LogP contribution is -2.53. The molecule has 2 atom stereocenters. The Balaban J connectivity index is 1.75. The van der Waals surface area contributed by atoms with Crippen LogP contribution in [0, 0.1) is 0 Å². The quantitative estimate of drug-likeness (QED) is 0.489. The van der Waals surface area contributed by atoms with Crippen LogP contribution in [0.3, 0.4) is 0 Å². The van der Waals surface area contributed by atoms with Crippen LogP contribution in [0.5, 0.6) is 5.75 Å². The number of ether oxygens (including phenoxy) is 1. The SMILES string of the molecule is CC(=O)Oc1ccc2c(c1)C(Cc1ccccc1)N(C1CCC(=O)NC1=O)C2=O. The van der Waals surface area contributed by atoms with Gasteiger partial charge >= 0.3 is 5.97 Å². The van der Waals surface area contributed by atoms with Crippen molar-refractivity contribution in [3.05, 3.63) is 65.2 Å². The van der Waals surface area contributed by atoms with Crippen LogP contribution in [0.2, 0.25) is 0 Å². The van der Waals surface area contributed by atoms with E-state index in [0.29, 0.717) is 23.3 Å². The second kappa shape index (κ2) is 7.50. The molecule has 29 heavy (non-hydrogen) atoms. The molecule has 7 nitrogen and oxygen atoms in total. The summed E-state index contributed by atoms with van der Waals surface area (Å²) in [5.41, 5.74) is 2.20. The van der Waals surface area contributed by atoms with Crippen molar-refractivity contribution >= 4 is 23.7 Å². The van der Waals surface area contributed by atoms with Gasteiger partial charge in [0.1, 0.15) is 11.8 Å². The third-order valence-corrected chi connectivity index (χ3v) is 5.26. The normalized spacial score (nSPS) is 21.0. The molecule has 0 saturated carbocycles. The molecule has 7 heteroatoms. The number of nitrogens with one attached hydrogen (secondary N) is 1. The topological polar surface area (TPSA) is 92.8 Å². The van der Waals surface area contributed by atoms with Gasteiger partial charge in [0.2, 0.25) is 11.8 Å². The summed E-state index contributed by atoms with van der Waals surface area (Å²) < 4.78 is 5.20. The van der Waals surface area contributed by atoms with Crippen molar-refractivity contribution in [3.63, 3.8) is 0 Å². The van der Waals surface area contributed by atoms with Gasteiger partial charge in [0.15, 0.2) is 0 Å². The minimum atomic E-state index is -0.724. The smallest absolute Gasteiger partial charge is 0.308 e. The first-order valence-electron chi connectivity index (χ1n) is 9.46. The molecule has 2 unspecified atom stereocenters. The molecule has 0 radical (unpaired) electrons. The van der Waals surface area contributed by atoms with E-state index >= 15 is 0 Å². The Morgan fingerprint density at radius 2 is 1.90 bits per heavy atom. The summed E-state index contributed by atoms with van der Waals surface area (Å²) in [5.74, 6) is -1.14. The van der Waals surface area contributed by atoms with Crippen LogP contribution in [0.4, 0.5) is 0 Å². The predicted molar refractivity (Wildman–Crippen MR) is 103 cm³/mol. The Kier molecular flexibility index (Phi) is 4.88. The molecular formula is C22H20N2O5. The third-order valence-electron chi connectivity index (χ3n) is 5.26. The number of carbonyl (C=O) groups is 4. The van der Waals surface area contributed by atoms with E-state index in [9.17, 15) is 19.2 Å². The van der Waals surface area contributed by atoms with Crippen LogP contribution in [0.25, 0.3) is 0 Å². The van der Waals surface area contributed by atoms with Gasteiger partial charge in [0.25, 0.3) is 5.91 Å². The van der Waals surface area contributed by atoms with Gasteiger partial charge in [-0.2, -0.15) is 0 Å². The zero-order valence-corrected chi connectivity index (χ0v) is 15.9. The average Bonchev–Trinajstić information content (AvgIpc) is 2.94. The first kappa shape index (κ1) is 18.9. The van der Waals surface area contributed by atoms with Crippen LogP contribution in [0.15, 0.2) is 48.5 Å². The van der Waals surface area contributed by atoms with Gasteiger partial charge in [0, 0.05) is 18.9 Å². The van der Waals surface area contributed by atoms with Gasteiger partial charge < -0.3 is 9.64 Å². The molecule has 2 aromatic rings. The molecule has 0 aliphatic carbocycles. The maximum atomic E-state index is 13.2. The molecule has 1 fully saturated rings. The molecule has 0 bridgehead atoms. The number of benzene rings is 2. The second-order valence-electron chi connectivity index (χ2n) is 7.23. The van der Waals surface area contributed by atoms with Gasteiger partial charge in [-0.3, -0.25) is 24.5 Å². The van der Waals surface area contributed by atoms with Crippen molar-refractivity contribution in [2.24, 2.45) is 0 Å². The minimum Gasteiger partial charge on any atom is -0.427 e. The first-order chi connectivity index (χ1) is 13.9. The van der Waals surface area contributed by atoms with Crippen molar-refractivity contribution in [2.75, 3.05) is 0 Å². The lowest BCUT2D eigenvalue weighted by molar-refractivity contribution is -0.137.